The maximum atomic E-state index is 11.8. The van der Waals surface area contributed by atoms with Crippen LogP contribution >= 0.6 is 11.3 Å². The summed E-state index contributed by atoms with van der Waals surface area (Å²) in [5.41, 5.74) is 1.06. The highest BCUT2D eigenvalue weighted by atomic mass is 32.2. The first kappa shape index (κ1) is 15.4. The molecule has 0 radical (unpaired) electrons. The first-order chi connectivity index (χ1) is 9.35. The molecule has 1 saturated heterocycles. The maximum absolute atomic E-state index is 11.8. The highest BCUT2D eigenvalue weighted by Gasteiger charge is 2.28. The number of aryl methyl sites for hydroxylation is 1. The van der Waals surface area contributed by atoms with E-state index < -0.39 is 9.84 Å². The fourth-order valence-corrected chi connectivity index (χ4v) is 4.77. The van der Waals surface area contributed by atoms with Gasteiger partial charge in [-0.05, 0) is 12.3 Å². The van der Waals surface area contributed by atoms with Gasteiger partial charge in [0, 0.05) is 24.3 Å². The van der Waals surface area contributed by atoms with Crippen molar-refractivity contribution in [3.05, 3.63) is 16.1 Å². The van der Waals surface area contributed by atoms with E-state index in [1.165, 1.54) is 0 Å². The fourth-order valence-electron chi connectivity index (χ4n) is 2.13. The standard InChI is InChI=1S/C13H20N2O3S2/c1-9(2)11-7-19-13(15-11)4-3-12(16)14-10-5-6-20(17,18)8-10/h7,9-10H,3-6,8H2,1-2H3,(H,14,16). The third kappa shape index (κ3) is 4.28. The number of aromatic nitrogens is 1. The normalized spacial score (nSPS) is 21.2. The van der Waals surface area contributed by atoms with E-state index in [0.717, 1.165) is 10.7 Å². The molecule has 2 heterocycles. The van der Waals surface area contributed by atoms with Gasteiger partial charge in [-0.3, -0.25) is 4.79 Å². The summed E-state index contributed by atoms with van der Waals surface area (Å²) in [6, 6.07) is -0.213. The van der Waals surface area contributed by atoms with Gasteiger partial charge in [0.1, 0.15) is 0 Å². The molecular formula is C13H20N2O3S2. The SMILES string of the molecule is CC(C)c1csc(CCC(=O)NC2CCS(=O)(=O)C2)n1. The van der Waals surface area contributed by atoms with Gasteiger partial charge in [-0.2, -0.15) is 0 Å². The third-order valence-corrected chi connectivity index (χ3v) is 6.02. The minimum Gasteiger partial charge on any atom is -0.352 e. The van der Waals surface area contributed by atoms with Crippen LogP contribution in [0.3, 0.4) is 0 Å². The average molecular weight is 316 g/mol. The van der Waals surface area contributed by atoms with Crippen LogP contribution in [0, 0.1) is 0 Å². The summed E-state index contributed by atoms with van der Waals surface area (Å²) < 4.78 is 22.6. The van der Waals surface area contributed by atoms with Crippen molar-refractivity contribution in [3.63, 3.8) is 0 Å². The van der Waals surface area contributed by atoms with Crippen LogP contribution in [0.5, 0.6) is 0 Å². The number of nitrogens with one attached hydrogen (secondary N) is 1. The Bertz CT molecular complexity index is 578. The second-order valence-electron chi connectivity index (χ2n) is 5.49. The zero-order valence-corrected chi connectivity index (χ0v) is 13.4. The van der Waals surface area contributed by atoms with Crippen molar-refractivity contribution in [1.82, 2.24) is 10.3 Å². The van der Waals surface area contributed by atoms with E-state index in [1.807, 2.05) is 5.38 Å². The van der Waals surface area contributed by atoms with Crippen LogP contribution in [0.15, 0.2) is 5.38 Å². The van der Waals surface area contributed by atoms with E-state index >= 15 is 0 Å². The Morgan fingerprint density at radius 3 is 2.85 bits per heavy atom. The van der Waals surface area contributed by atoms with Crippen LogP contribution in [0.25, 0.3) is 0 Å². The number of rotatable bonds is 5. The lowest BCUT2D eigenvalue weighted by Crippen LogP contribution is -2.35. The van der Waals surface area contributed by atoms with Crippen molar-refractivity contribution in [2.75, 3.05) is 11.5 Å². The molecule has 1 aromatic heterocycles. The summed E-state index contributed by atoms with van der Waals surface area (Å²) in [6.45, 7) is 4.18. The van der Waals surface area contributed by atoms with E-state index in [2.05, 4.69) is 24.1 Å². The molecule has 2 rings (SSSR count). The summed E-state index contributed by atoms with van der Waals surface area (Å²) in [5, 5.41) is 5.78. The third-order valence-electron chi connectivity index (χ3n) is 3.32. The zero-order chi connectivity index (χ0) is 14.8. The second kappa shape index (κ2) is 6.22. The molecule has 5 nitrogen and oxygen atoms in total. The Hall–Kier alpha value is -0.950. The van der Waals surface area contributed by atoms with Crippen molar-refractivity contribution in [1.29, 1.82) is 0 Å². The smallest absolute Gasteiger partial charge is 0.220 e. The van der Waals surface area contributed by atoms with Crippen molar-refractivity contribution in [3.8, 4) is 0 Å². The van der Waals surface area contributed by atoms with Gasteiger partial charge >= 0.3 is 0 Å². The van der Waals surface area contributed by atoms with Crippen LogP contribution in [-0.4, -0.2) is 36.9 Å². The topological polar surface area (TPSA) is 76.1 Å². The second-order valence-corrected chi connectivity index (χ2v) is 8.66. The van der Waals surface area contributed by atoms with Crippen LogP contribution in [-0.2, 0) is 21.1 Å². The Morgan fingerprint density at radius 2 is 2.30 bits per heavy atom. The molecule has 1 aromatic rings. The largest absolute Gasteiger partial charge is 0.352 e. The van der Waals surface area contributed by atoms with Gasteiger partial charge in [-0.15, -0.1) is 11.3 Å². The Balaban J connectivity index is 1.77. The Labute approximate surface area is 123 Å². The van der Waals surface area contributed by atoms with Crippen LogP contribution in [0.2, 0.25) is 0 Å². The van der Waals surface area contributed by atoms with Gasteiger partial charge in [-0.25, -0.2) is 13.4 Å². The summed E-state index contributed by atoms with van der Waals surface area (Å²) in [6.07, 6.45) is 1.51. The molecule has 0 spiro atoms. The summed E-state index contributed by atoms with van der Waals surface area (Å²) in [5.74, 6) is 0.571. The van der Waals surface area contributed by atoms with Gasteiger partial charge in [0.05, 0.1) is 22.2 Å². The number of carbonyl (C=O) groups is 1. The monoisotopic (exact) mass is 316 g/mol. The molecule has 20 heavy (non-hydrogen) atoms. The Kier molecular flexibility index (Phi) is 4.80. The van der Waals surface area contributed by atoms with Gasteiger partial charge in [-0.1, -0.05) is 13.8 Å². The fraction of sp³-hybridized carbons (Fsp3) is 0.692. The lowest BCUT2D eigenvalue weighted by Gasteiger charge is -2.09. The highest BCUT2D eigenvalue weighted by Crippen LogP contribution is 2.19. The lowest BCUT2D eigenvalue weighted by atomic mass is 10.2. The number of sulfone groups is 1. The first-order valence-corrected chi connectivity index (χ1v) is 9.50. The number of hydrogen-bond acceptors (Lipinski definition) is 5. The van der Waals surface area contributed by atoms with Gasteiger partial charge in [0.2, 0.25) is 5.91 Å². The molecule has 1 unspecified atom stereocenters. The van der Waals surface area contributed by atoms with Gasteiger partial charge in [0.15, 0.2) is 9.84 Å². The number of nitrogens with zero attached hydrogens (tertiary/aromatic N) is 1. The molecule has 1 aliphatic heterocycles. The van der Waals surface area contributed by atoms with Crippen LogP contribution < -0.4 is 5.32 Å². The van der Waals surface area contributed by atoms with E-state index in [1.54, 1.807) is 11.3 Å². The quantitative estimate of drug-likeness (QED) is 0.893. The van der Waals surface area contributed by atoms with Crippen LogP contribution in [0.4, 0.5) is 0 Å². The van der Waals surface area contributed by atoms with Crippen LogP contribution in [0.1, 0.15) is 43.3 Å². The van der Waals surface area contributed by atoms with Crippen molar-refractivity contribution in [2.45, 2.75) is 45.1 Å². The highest BCUT2D eigenvalue weighted by molar-refractivity contribution is 7.91. The van der Waals surface area contributed by atoms with Crippen molar-refractivity contribution >= 4 is 27.1 Å². The predicted octanol–water partition coefficient (Wildman–Crippen LogP) is 1.50. The molecule has 7 heteroatoms. The summed E-state index contributed by atoms with van der Waals surface area (Å²) >= 11 is 1.58. The molecule has 0 aliphatic carbocycles. The minimum absolute atomic E-state index is 0.0769. The molecule has 0 saturated carbocycles. The number of hydrogen-bond donors (Lipinski definition) is 1. The minimum atomic E-state index is -2.94. The molecule has 1 atom stereocenters. The lowest BCUT2D eigenvalue weighted by molar-refractivity contribution is -0.121. The average Bonchev–Trinajstić information content (AvgIpc) is 2.93. The molecule has 112 valence electrons. The predicted molar refractivity (Wildman–Crippen MR) is 79.7 cm³/mol. The van der Waals surface area contributed by atoms with Gasteiger partial charge in [0.25, 0.3) is 0 Å². The first-order valence-electron chi connectivity index (χ1n) is 6.80. The number of amides is 1. The van der Waals surface area contributed by atoms with E-state index in [9.17, 15) is 13.2 Å². The summed E-state index contributed by atoms with van der Waals surface area (Å²) in [4.78, 5) is 16.3. The Morgan fingerprint density at radius 1 is 1.55 bits per heavy atom. The number of thiazole rings is 1. The molecule has 0 aromatic carbocycles. The molecule has 0 bridgehead atoms. The number of carbonyl (C=O) groups excluding carboxylic acids is 1. The zero-order valence-electron chi connectivity index (χ0n) is 11.8. The van der Waals surface area contributed by atoms with Crippen molar-refractivity contribution < 1.29 is 13.2 Å². The molecular weight excluding hydrogens is 296 g/mol. The molecule has 1 aliphatic rings. The molecule has 1 N–H and O–H groups in total. The van der Waals surface area contributed by atoms with Crippen molar-refractivity contribution in [2.24, 2.45) is 0 Å². The van der Waals surface area contributed by atoms with E-state index in [4.69, 9.17) is 0 Å². The van der Waals surface area contributed by atoms with Gasteiger partial charge < -0.3 is 5.32 Å². The summed E-state index contributed by atoms with van der Waals surface area (Å²) in [7, 11) is -2.94. The molecule has 1 fully saturated rings. The van der Waals surface area contributed by atoms with E-state index in [0.29, 0.717) is 25.2 Å². The van der Waals surface area contributed by atoms with E-state index in [-0.39, 0.29) is 23.5 Å². The maximum Gasteiger partial charge on any atom is 0.220 e. The molecule has 1 amide bonds.